The summed E-state index contributed by atoms with van der Waals surface area (Å²) in [5, 5.41) is 24.9. The van der Waals surface area contributed by atoms with Crippen LogP contribution in [0.2, 0.25) is 0 Å². The predicted octanol–water partition coefficient (Wildman–Crippen LogP) is -3.37. The zero-order valence-electron chi connectivity index (χ0n) is 14.2. The molecule has 0 aliphatic rings. The molecule has 11 nitrogen and oxygen atoms in total. The second kappa shape index (κ2) is 12.2. The van der Waals surface area contributed by atoms with E-state index in [1.807, 2.05) is 0 Å². The minimum atomic E-state index is -1.35. The van der Waals surface area contributed by atoms with Crippen LogP contribution in [0.5, 0.6) is 0 Å². The molecule has 144 valence electrons. The fraction of sp³-hybridized carbons (Fsp3) is 0.714. The minimum Gasteiger partial charge on any atom is -0.480 e. The highest BCUT2D eigenvalue weighted by Gasteiger charge is 2.27. The molecule has 0 aromatic carbocycles. The predicted molar refractivity (Wildman–Crippen MR) is 88.1 cm³/mol. The Morgan fingerprint density at radius 1 is 0.960 bits per heavy atom. The lowest BCUT2D eigenvalue weighted by atomic mass is 10.1. The summed E-state index contributed by atoms with van der Waals surface area (Å²) < 4.78 is 0. The summed E-state index contributed by atoms with van der Waals surface area (Å²) in [5.74, 6) is -3.34. The summed E-state index contributed by atoms with van der Waals surface area (Å²) in [4.78, 5) is 46.4. The molecule has 0 bridgehead atoms. The fourth-order valence-corrected chi connectivity index (χ4v) is 1.86. The van der Waals surface area contributed by atoms with Gasteiger partial charge in [-0.25, -0.2) is 0 Å². The number of aliphatic carboxylic acids is 1. The van der Waals surface area contributed by atoms with Crippen LogP contribution in [0.15, 0.2) is 0 Å². The average molecular weight is 361 g/mol. The van der Waals surface area contributed by atoms with E-state index in [1.54, 1.807) is 0 Å². The Bertz CT molecular complexity index is 473. The van der Waals surface area contributed by atoms with Crippen molar-refractivity contribution < 1.29 is 29.4 Å². The van der Waals surface area contributed by atoms with Crippen molar-refractivity contribution in [1.29, 1.82) is 0 Å². The number of carboxylic acid groups (broad SMARTS) is 1. The third-order valence-electron chi connectivity index (χ3n) is 3.33. The maximum Gasteiger partial charge on any atom is 0.325 e. The Morgan fingerprint density at radius 3 is 2.04 bits per heavy atom. The van der Waals surface area contributed by atoms with Gasteiger partial charge in [0.2, 0.25) is 17.7 Å². The number of carbonyl (C=O) groups excluding carboxylic acids is 3. The molecule has 0 fully saturated rings. The van der Waals surface area contributed by atoms with Crippen molar-refractivity contribution in [2.45, 2.75) is 44.3 Å². The molecule has 3 amide bonds. The summed E-state index contributed by atoms with van der Waals surface area (Å²) in [5.41, 5.74) is 10.6. The molecule has 0 aliphatic heterocycles. The van der Waals surface area contributed by atoms with E-state index in [2.05, 4.69) is 16.0 Å². The van der Waals surface area contributed by atoms with Crippen molar-refractivity contribution in [3.8, 4) is 0 Å². The van der Waals surface area contributed by atoms with E-state index in [1.165, 1.54) is 6.92 Å². The molecule has 0 spiro atoms. The molecule has 3 unspecified atom stereocenters. The van der Waals surface area contributed by atoms with Gasteiger partial charge in [-0.05, 0) is 32.7 Å². The molecule has 25 heavy (non-hydrogen) atoms. The normalized spacial score (nSPS) is 14.1. The quantitative estimate of drug-likeness (QED) is 0.175. The standard InChI is InChI=1S/C14H27N5O6/c1-8(14(24)25)17-13(23)10(7-20)19-12(22)9(4-2-3-5-15)18-11(21)6-16/h8-10,20H,2-7,15-16H2,1H3,(H,17,23)(H,18,21)(H,19,22)(H,24,25). The van der Waals surface area contributed by atoms with Crippen LogP contribution in [0.3, 0.4) is 0 Å². The first kappa shape index (κ1) is 22.8. The van der Waals surface area contributed by atoms with Crippen molar-refractivity contribution in [2.75, 3.05) is 19.7 Å². The third-order valence-corrected chi connectivity index (χ3v) is 3.33. The average Bonchev–Trinajstić information content (AvgIpc) is 2.57. The van der Waals surface area contributed by atoms with Gasteiger partial charge in [0.05, 0.1) is 13.2 Å². The molecule has 0 aromatic heterocycles. The van der Waals surface area contributed by atoms with Gasteiger partial charge in [0.15, 0.2) is 0 Å². The monoisotopic (exact) mass is 361 g/mol. The molecular weight excluding hydrogens is 334 g/mol. The summed E-state index contributed by atoms with van der Waals surface area (Å²) >= 11 is 0. The number of aliphatic hydroxyl groups is 1. The first-order valence-electron chi connectivity index (χ1n) is 7.90. The molecule has 0 rings (SSSR count). The van der Waals surface area contributed by atoms with Crippen molar-refractivity contribution >= 4 is 23.7 Å². The van der Waals surface area contributed by atoms with E-state index in [-0.39, 0.29) is 13.0 Å². The van der Waals surface area contributed by atoms with E-state index in [9.17, 15) is 24.3 Å². The molecule has 0 aromatic rings. The largest absolute Gasteiger partial charge is 0.480 e. The van der Waals surface area contributed by atoms with Crippen molar-refractivity contribution in [3.63, 3.8) is 0 Å². The number of nitrogens with two attached hydrogens (primary N) is 2. The molecular formula is C14H27N5O6. The van der Waals surface area contributed by atoms with Gasteiger partial charge < -0.3 is 37.6 Å². The van der Waals surface area contributed by atoms with Gasteiger partial charge >= 0.3 is 5.97 Å². The maximum atomic E-state index is 12.3. The van der Waals surface area contributed by atoms with E-state index in [4.69, 9.17) is 16.6 Å². The number of carboxylic acids is 1. The lowest BCUT2D eigenvalue weighted by Gasteiger charge is -2.22. The Morgan fingerprint density at radius 2 is 1.56 bits per heavy atom. The number of unbranched alkanes of at least 4 members (excludes halogenated alkanes) is 1. The lowest BCUT2D eigenvalue weighted by molar-refractivity contribution is -0.142. The van der Waals surface area contributed by atoms with Crippen molar-refractivity contribution in [3.05, 3.63) is 0 Å². The van der Waals surface area contributed by atoms with Crippen LogP contribution in [0.1, 0.15) is 26.2 Å². The molecule has 0 heterocycles. The second-order valence-electron chi connectivity index (χ2n) is 5.42. The van der Waals surface area contributed by atoms with Gasteiger partial charge in [-0.2, -0.15) is 0 Å². The van der Waals surface area contributed by atoms with E-state index >= 15 is 0 Å². The lowest BCUT2D eigenvalue weighted by Crippen LogP contribution is -2.57. The van der Waals surface area contributed by atoms with Gasteiger partial charge in [-0.1, -0.05) is 0 Å². The molecule has 0 saturated carbocycles. The Hall–Kier alpha value is -2.24. The highest BCUT2D eigenvalue weighted by molar-refractivity contribution is 5.93. The fourth-order valence-electron chi connectivity index (χ4n) is 1.86. The van der Waals surface area contributed by atoms with Gasteiger partial charge in [0.1, 0.15) is 18.1 Å². The van der Waals surface area contributed by atoms with Gasteiger partial charge in [0.25, 0.3) is 0 Å². The zero-order chi connectivity index (χ0) is 19.4. The van der Waals surface area contributed by atoms with Gasteiger partial charge in [0, 0.05) is 0 Å². The van der Waals surface area contributed by atoms with E-state index in [0.29, 0.717) is 19.4 Å². The number of nitrogens with one attached hydrogen (secondary N) is 3. The number of hydrogen-bond donors (Lipinski definition) is 7. The van der Waals surface area contributed by atoms with E-state index in [0.717, 1.165) is 0 Å². The second-order valence-corrected chi connectivity index (χ2v) is 5.42. The Kier molecular flexibility index (Phi) is 11.1. The van der Waals surface area contributed by atoms with Gasteiger partial charge in [-0.15, -0.1) is 0 Å². The number of carbonyl (C=O) groups is 4. The molecule has 0 aliphatic carbocycles. The first-order chi connectivity index (χ1) is 11.8. The van der Waals surface area contributed by atoms with Gasteiger partial charge in [-0.3, -0.25) is 19.2 Å². The van der Waals surface area contributed by atoms with E-state index < -0.39 is 48.4 Å². The van der Waals surface area contributed by atoms with Crippen LogP contribution in [-0.4, -0.2) is 71.7 Å². The van der Waals surface area contributed by atoms with Crippen LogP contribution in [0, 0.1) is 0 Å². The SMILES string of the molecule is CC(NC(=O)C(CO)NC(=O)C(CCCCN)NC(=O)CN)C(=O)O. The van der Waals surface area contributed by atoms with Crippen LogP contribution in [0.25, 0.3) is 0 Å². The summed E-state index contributed by atoms with van der Waals surface area (Å²) in [6.45, 7) is 0.631. The topological polar surface area (TPSA) is 197 Å². The molecule has 3 atom stereocenters. The van der Waals surface area contributed by atoms with Crippen molar-refractivity contribution in [1.82, 2.24) is 16.0 Å². The van der Waals surface area contributed by atoms with Crippen LogP contribution in [-0.2, 0) is 19.2 Å². The smallest absolute Gasteiger partial charge is 0.325 e. The van der Waals surface area contributed by atoms with Crippen LogP contribution < -0.4 is 27.4 Å². The summed E-state index contributed by atoms with van der Waals surface area (Å²) in [6, 6.07) is -3.47. The number of hydrogen-bond acceptors (Lipinski definition) is 7. The first-order valence-corrected chi connectivity index (χ1v) is 7.90. The van der Waals surface area contributed by atoms with Crippen LogP contribution in [0.4, 0.5) is 0 Å². The Balaban J connectivity index is 4.86. The summed E-state index contributed by atoms with van der Waals surface area (Å²) in [6.07, 6.45) is 1.48. The number of amides is 3. The molecule has 0 saturated heterocycles. The Labute approximate surface area is 145 Å². The maximum absolute atomic E-state index is 12.3. The molecule has 0 radical (unpaired) electrons. The summed E-state index contributed by atoms with van der Waals surface area (Å²) in [7, 11) is 0. The minimum absolute atomic E-state index is 0.278. The number of aliphatic hydroxyl groups excluding tert-OH is 1. The highest BCUT2D eigenvalue weighted by atomic mass is 16.4. The zero-order valence-corrected chi connectivity index (χ0v) is 14.2. The van der Waals surface area contributed by atoms with Crippen LogP contribution >= 0.6 is 0 Å². The molecule has 9 N–H and O–H groups in total. The van der Waals surface area contributed by atoms with Crippen molar-refractivity contribution in [2.24, 2.45) is 11.5 Å². The third kappa shape index (κ3) is 8.98. The molecule has 11 heteroatoms. The highest BCUT2D eigenvalue weighted by Crippen LogP contribution is 2.02. The number of rotatable bonds is 12.